The summed E-state index contributed by atoms with van der Waals surface area (Å²) < 4.78 is 31.5. The number of phenols is 1. The van der Waals surface area contributed by atoms with Gasteiger partial charge in [0.25, 0.3) is 0 Å². The number of ether oxygens (including phenoxy) is 1. The minimum atomic E-state index is -3.95. The van der Waals surface area contributed by atoms with Crippen molar-refractivity contribution in [2.45, 2.75) is 18.9 Å². The third-order valence-corrected chi connectivity index (χ3v) is 2.60. The molecular weight excluding hydrogens is 268 g/mol. The molecule has 0 aliphatic carbocycles. The van der Waals surface area contributed by atoms with Gasteiger partial charge in [-0.1, -0.05) is 23.7 Å². The number of carbonyl (C=O) groups excluding carboxylic acids is 1. The van der Waals surface area contributed by atoms with Gasteiger partial charge in [0, 0.05) is 5.56 Å². The maximum Gasteiger partial charge on any atom is 0.379 e. The predicted octanol–water partition coefficient (Wildman–Crippen LogP) is 2.24. The fraction of sp³-hybridized carbons (Fsp3) is 0.364. The number of phenolic OH excluding ortho intramolecular Hbond substituents is 1. The number of halogens is 3. The number of para-hydroxylation sites is 1. The van der Waals surface area contributed by atoms with E-state index in [1.54, 1.807) is 0 Å². The molecule has 0 spiro atoms. The molecule has 7 heteroatoms. The third kappa shape index (κ3) is 2.70. The van der Waals surface area contributed by atoms with Crippen LogP contribution in [0.2, 0.25) is 5.02 Å². The van der Waals surface area contributed by atoms with Crippen molar-refractivity contribution in [1.82, 2.24) is 0 Å². The van der Waals surface area contributed by atoms with Crippen LogP contribution in [0.15, 0.2) is 18.2 Å². The van der Waals surface area contributed by atoms with Crippen molar-refractivity contribution in [3.63, 3.8) is 0 Å². The average molecular weight is 280 g/mol. The molecule has 0 fully saturated rings. The fourth-order valence-corrected chi connectivity index (χ4v) is 1.51. The molecule has 0 amide bonds. The first-order valence-electron chi connectivity index (χ1n) is 5.10. The number of nitrogens with two attached hydrogens (primary N) is 1. The van der Waals surface area contributed by atoms with Crippen LogP contribution >= 0.6 is 11.6 Å². The Morgan fingerprint density at radius 3 is 2.78 bits per heavy atom. The van der Waals surface area contributed by atoms with Gasteiger partial charge in [-0.05, 0) is 13.0 Å². The molecule has 0 heterocycles. The Kier molecular flexibility index (Phi) is 4.48. The normalized spacial score (nSPS) is 13.2. The topological polar surface area (TPSA) is 72.5 Å². The van der Waals surface area contributed by atoms with E-state index in [4.69, 9.17) is 17.3 Å². The monoisotopic (exact) mass is 279 g/mol. The van der Waals surface area contributed by atoms with E-state index in [2.05, 4.69) is 4.74 Å². The van der Waals surface area contributed by atoms with Crippen LogP contribution in [0.25, 0.3) is 0 Å². The quantitative estimate of drug-likeness (QED) is 0.829. The lowest BCUT2D eigenvalue weighted by Crippen LogP contribution is -2.41. The number of esters is 1. The molecule has 0 bridgehead atoms. The van der Waals surface area contributed by atoms with Crippen molar-refractivity contribution in [3.05, 3.63) is 28.8 Å². The maximum absolute atomic E-state index is 13.6. The van der Waals surface area contributed by atoms with E-state index in [-0.39, 0.29) is 17.2 Å². The molecule has 18 heavy (non-hydrogen) atoms. The summed E-state index contributed by atoms with van der Waals surface area (Å²) in [5.74, 6) is -6.26. The first-order valence-corrected chi connectivity index (χ1v) is 5.48. The first kappa shape index (κ1) is 14.7. The van der Waals surface area contributed by atoms with Gasteiger partial charge in [-0.3, -0.25) is 0 Å². The van der Waals surface area contributed by atoms with Crippen molar-refractivity contribution >= 4 is 17.6 Å². The van der Waals surface area contributed by atoms with Crippen molar-refractivity contribution < 1.29 is 23.4 Å². The third-order valence-electron chi connectivity index (χ3n) is 2.29. The van der Waals surface area contributed by atoms with Gasteiger partial charge in [-0.25, -0.2) is 4.79 Å². The van der Waals surface area contributed by atoms with E-state index < -0.39 is 23.7 Å². The Bertz CT molecular complexity index is 454. The molecule has 0 radical (unpaired) electrons. The average Bonchev–Trinajstić information content (AvgIpc) is 2.32. The fourth-order valence-electron chi connectivity index (χ4n) is 1.33. The second-order valence-corrected chi connectivity index (χ2v) is 3.91. The number of rotatable bonds is 4. The molecule has 0 saturated heterocycles. The van der Waals surface area contributed by atoms with Crippen LogP contribution in [0, 0.1) is 0 Å². The predicted molar refractivity (Wildman–Crippen MR) is 61.6 cm³/mol. The first-order chi connectivity index (χ1) is 8.32. The van der Waals surface area contributed by atoms with Gasteiger partial charge < -0.3 is 15.6 Å². The van der Waals surface area contributed by atoms with Crippen LogP contribution in [0.4, 0.5) is 8.78 Å². The van der Waals surface area contributed by atoms with Crippen LogP contribution in [0.1, 0.15) is 18.5 Å². The lowest BCUT2D eigenvalue weighted by Gasteiger charge is -2.22. The highest BCUT2D eigenvalue weighted by Crippen LogP contribution is 2.37. The zero-order valence-corrected chi connectivity index (χ0v) is 10.2. The number of benzene rings is 1. The summed E-state index contributed by atoms with van der Waals surface area (Å²) in [6, 6.07) is 1.79. The largest absolute Gasteiger partial charge is 0.506 e. The molecule has 1 aromatic rings. The van der Waals surface area contributed by atoms with Crippen LogP contribution in [-0.4, -0.2) is 23.6 Å². The number of alkyl halides is 2. The van der Waals surface area contributed by atoms with E-state index in [0.717, 1.165) is 0 Å². The smallest absolute Gasteiger partial charge is 0.379 e. The highest BCUT2D eigenvalue weighted by atomic mass is 35.5. The van der Waals surface area contributed by atoms with Crippen molar-refractivity contribution in [1.29, 1.82) is 0 Å². The molecule has 3 N–H and O–H groups in total. The maximum atomic E-state index is 13.6. The van der Waals surface area contributed by atoms with E-state index in [0.29, 0.717) is 0 Å². The molecule has 1 rings (SSSR count). The zero-order valence-electron chi connectivity index (χ0n) is 9.49. The number of aromatic hydroxyl groups is 1. The molecule has 0 unspecified atom stereocenters. The summed E-state index contributed by atoms with van der Waals surface area (Å²) in [6.45, 7) is 1.21. The highest BCUT2D eigenvalue weighted by Gasteiger charge is 2.48. The van der Waals surface area contributed by atoms with Crippen LogP contribution < -0.4 is 5.73 Å². The Hall–Kier alpha value is -1.40. The van der Waals surface area contributed by atoms with E-state index in [1.807, 2.05) is 0 Å². The Balaban J connectivity index is 3.09. The highest BCUT2D eigenvalue weighted by molar-refractivity contribution is 6.32. The molecule has 0 saturated carbocycles. The van der Waals surface area contributed by atoms with Crippen LogP contribution in [0.3, 0.4) is 0 Å². The van der Waals surface area contributed by atoms with Gasteiger partial charge in [0.1, 0.15) is 11.8 Å². The number of hydrogen-bond acceptors (Lipinski definition) is 4. The second kappa shape index (κ2) is 5.49. The lowest BCUT2D eigenvalue weighted by molar-refractivity contribution is -0.174. The molecule has 1 aromatic carbocycles. The van der Waals surface area contributed by atoms with Gasteiger partial charge >= 0.3 is 11.9 Å². The zero-order chi connectivity index (χ0) is 13.9. The van der Waals surface area contributed by atoms with Gasteiger partial charge in [0.15, 0.2) is 0 Å². The summed E-state index contributed by atoms with van der Waals surface area (Å²) in [5.41, 5.74) is 4.99. The summed E-state index contributed by atoms with van der Waals surface area (Å²) in [7, 11) is 0. The minimum absolute atomic E-state index is 0.123. The standard InChI is InChI=1S/C11H12ClF2NO3/c1-2-18-10(17)11(13,14)9(15)6-4-3-5-7(12)8(6)16/h3-5,9,16H,2,15H2,1H3/t9-/m1/s1. The van der Waals surface area contributed by atoms with Crippen molar-refractivity contribution in [2.75, 3.05) is 6.61 Å². The summed E-state index contributed by atoms with van der Waals surface area (Å²) in [5, 5.41) is 9.42. The van der Waals surface area contributed by atoms with Gasteiger partial charge in [-0.2, -0.15) is 8.78 Å². The molecule has 0 aliphatic heterocycles. The van der Waals surface area contributed by atoms with Gasteiger partial charge in [0.2, 0.25) is 0 Å². The number of hydrogen-bond donors (Lipinski definition) is 2. The van der Waals surface area contributed by atoms with E-state index in [1.165, 1.54) is 25.1 Å². The van der Waals surface area contributed by atoms with Gasteiger partial charge in [0.05, 0.1) is 11.6 Å². The molecule has 0 aliphatic rings. The lowest BCUT2D eigenvalue weighted by atomic mass is 10.0. The number of carbonyl (C=O) groups is 1. The van der Waals surface area contributed by atoms with Gasteiger partial charge in [-0.15, -0.1) is 0 Å². The Morgan fingerprint density at radius 1 is 1.61 bits per heavy atom. The van der Waals surface area contributed by atoms with E-state index in [9.17, 15) is 18.7 Å². The molecule has 100 valence electrons. The SMILES string of the molecule is CCOC(=O)C(F)(F)[C@H](N)c1cccc(Cl)c1O. The molecule has 1 atom stereocenters. The Morgan fingerprint density at radius 2 is 2.22 bits per heavy atom. The summed E-state index contributed by atoms with van der Waals surface area (Å²) >= 11 is 5.58. The van der Waals surface area contributed by atoms with Crippen LogP contribution in [0.5, 0.6) is 5.75 Å². The second-order valence-electron chi connectivity index (χ2n) is 3.50. The molecular formula is C11H12ClF2NO3. The van der Waals surface area contributed by atoms with Crippen LogP contribution in [-0.2, 0) is 9.53 Å². The van der Waals surface area contributed by atoms with E-state index >= 15 is 0 Å². The molecule has 0 aromatic heterocycles. The summed E-state index contributed by atoms with van der Waals surface area (Å²) in [6.07, 6.45) is 0. The minimum Gasteiger partial charge on any atom is -0.506 e. The molecule has 4 nitrogen and oxygen atoms in total. The van der Waals surface area contributed by atoms with Crippen molar-refractivity contribution in [3.8, 4) is 5.75 Å². The summed E-state index contributed by atoms with van der Waals surface area (Å²) in [4.78, 5) is 11.1. The Labute approximate surface area is 107 Å². The van der Waals surface area contributed by atoms with Crippen molar-refractivity contribution in [2.24, 2.45) is 5.73 Å².